The molecule has 0 saturated carbocycles. The monoisotopic (exact) mass is 683 g/mol. The number of hydrogen-bond donors (Lipinski definition) is 2. The lowest BCUT2D eigenvalue weighted by atomic mass is 10.1. The van der Waals surface area contributed by atoms with E-state index in [0.717, 1.165) is 16.6 Å². The molecule has 0 saturated heterocycles. The summed E-state index contributed by atoms with van der Waals surface area (Å²) in [4.78, 5) is 43.8. The standard InChI is InChI=1S/C36H31Cl2N5O5/c1-23-8-12-26-6-3-7-31(35(26)41-23)48-22-28-29(37)15-16-30(34(28)38)42(2)33(45)20-39-32(44)17-11-24-9-13-27(14-10-24)36(46)40-19-25-5-4-18-43(47)21-25/h3-18,21H,19-20,22H2,1-2H3,(H,39,44)(H,40,46)/b17-11+. The van der Waals surface area contributed by atoms with Gasteiger partial charge in [0.15, 0.2) is 12.4 Å². The van der Waals surface area contributed by atoms with Crippen LogP contribution >= 0.6 is 23.2 Å². The summed E-state index contributed by atoms with van der Waals surface area (Å²) in [5.74, 6) is -0.608. The zero-order chi connectivity index (χ0) is 34.2. The van der Waals surface area contributed by atoms with Crippen LogP contribution < -0.4 is 25.0 Å². The van der Waals surface area contributed by atoms with Gasteiger partial charge in [0.25, 0.3) is 5.91 Å². The van der Waals surface area contributed by atoms with Gasteiger partial charge in [0.1, 0.15) is 17.9 Å². The van der Waals surface area contributed by atoms with Crippen LogP contribution in [0.5, 0.6) is 5.75 Å². The maximum absolute atomic E-state index is 13.0. The molecule has 5 rings (SSSR count). The van der Waals surface area contributed by atoms with Crippen LogP contribution in [0.1, 0.15) is 32.7 Å². The number of benzene rings is 3. The zero-order valence-electron chi connectivity index (χ0n) is 26.1. The molecule has 0 spiro atoms. The normalized spacial score (nSPS) is 11.0. The van der Waals surface area contributed by atoms with Gasteiger partial charge in [-0.25, -0.2) is 4.98 Å². The molecule has 0 radical (unpaired) electrons. The van der Waals surface area contributed by atoms with Crippen molar-refractivity contribution in [1.82, 2.24) is 15.6 Å². The predicted molar refractivity (Wildman–Crippen MR) is 186 cm³/mol. The molecular formula is C36H31Cl2N5O5. The summed E-state index contributed by atoms with van der Waals surface area (Å²) in [7, 11) is 1.55. The molecule has 0 aliphatic rings. The van der Waals surface area contributed by atoms with Crippen molar-refractivity contribution in [3.8, 4) is 5.75 Å². The minimum Gasteiger partial charge on any atom is -0.619 e. The van der Waals surface area contributed by atoms with E-state index >= 15 is 0 Å². The second-order valence-corrected chi connectivity index (χ2v) is 11.6. The van der Waals surface area contributed by atoms with Gasteiger partial charge >= 0.3 is 0 Å². The highest BCUT2D eigenvalue weighted by Crippen LogP contribution is 2.35. The Morgan fingerprint density at radius 3 is 2.54 bits per heavy atom. The van der Waals surface area contributed by atoms with Crippen molar-refractivity contribution in [2.75, 3.05) is 18.5 Å². The molecule has 12 heteroatoms. The Balaban J connectivity index is 1.14. The minimum atomic E-state index is -0.479. The fourth-order valence-corrected chi connectivity index (χ4v) is 5.35. The maximum Gasteiger partial charge on any atom is 0.251 e. The third kappa shape index (κ3) is 8.47. The number of carbonyl (C=O) groups is 3. The Morgan fingerprint density at radius 2 is 1.77 bits per heavy atom. The number of ether oxygens (including phenoxy) is 1. The van der Waals surface area contributed by atoms with E-state index in [2.05, 4.69) is 15.6 Å². The molecule has 2 aromatic heterocycles. The van der Waals surface area contributed by atoms with Crippen LogP contribution in [-0.2, 0) is 22.7 Å². The number of carbonyl (C=O) groups excluding carboxylic acids is 3. The number of para-hydroxylation sites is 1. The number of halogens is 2. The highest BCUT2D eigenvalue weighted by Gasteiger charge is 2.19. The van der Waals surface area contributed by atoms with Crippen molar-refractivity contribution in [3.05, 3.63) is 141 Å². The maximum atomic E-state index is 13.0. The van der Waals surface area contributed by atoms with Crippen LogP contribution in [0.25, 0.3) is 17.0 Å². The number of hydrogen-bond acceptors (Lipinski definition) is 6. The molecule has 0 bridgehead atoms. The van der Waals surface area contributed by atoms with Crippen molar-refractivity contribution in [1.29, 1.82) is 0 Å². The topological polar surface area (TPSA) is 128 Å². The number of rotatable bonds is 11. The van der Waals surface area contributed by atoms with E-state index in [1.807, 2.05) is 37.3 Å². The number of aryl methyl sites for hydroxylation is 1. The van der Waals surface area contributed by atoms with Gasteiger partial charge in [-0.3, -0.25) is 14.4 Å². The Bertz CT molecular complexity index is 2020. The van der Waals surface area contributed by atoms with Crippen molar-refractivity contribution in [2.45, 2.75) is 20.1 Å². The molecule has 2 heterocycles. The largest absolute Gasteiger partial charge is 0.619 e. The van der Waals surface area contributed by atoms with Gasteiger partial charge in [-0.2, -0.15) is 4.73 Å². The van der Waals surface area contributed by atoms with Gasteiger partial charge < -0.3 is 25.5 Å². The third-order valence-corrected chi connectivity index (χ3v) is 8.17. The van der Waals surface area contributed by atoms with Crippen molar-refractivity contribution in [3.63, 3.8) is 0 Å². The lowest BCUT2D eigenvalue weighted by Crippen LogP contribution is -2.37. The smallest absolute Gasteiger partial charge is 0.251 e. The summed E-state index contributed by atoms with van der Waals surface area (Å²) in [5.41, 5.74) is 4.26. The fourth-order valence-electron chi connectivity index (χ4n) is 4.74. The van der Waals surface area contributed by atoms with E-state index in [9.17, 15) is 19.6 Å². The van der Waals surface area contributed by atoms with E-state index in [1.54, 1.807) is 61.7 Å². The summed E-state index contributed by atoms with van der Waals surface area (Å²) < 4.78 is 6.75. The van der Waals surface area contributed by atoms with Crippen LogP contribution in [-0.4, -0.2) is 36.3 Å². The average Bonchev–Trinajstić information content (AvgIpc) is 3.08. The fraction of sp³-hybridized carbons (Fsp3) is 0.139. The first-order valence-corrected chi connectivity index (χ1v) is 15.6. The summed E-state index contributed by atoms with van der Waals surface area (Å²) in [6.07, 6.45) is 5.61. The molecule has 0 aliphatic heterocycles. The molecule has 0 aliphatic carbocycles. The molecule has 2 N–H and O–H groups in total. The highest BCUT2D eigenvalue weighted by atomic mass is 35.5. The lowest BCUT2D eigenvalue weighted by Gasteiger charge is -2.21. The van der Waals surface area contributed by atoms with E-state index in [0.29, 0.717) is 43.4 Å². The van der Waals surface area contributed by atoms with Crippen LogP contribution in [0.4, 0.5) is 5.69 Å². The second kappa shape index (κ2) is 15.4. The Hall–Kier alpha value is -5.45. The molecule has 244 valence electrons. The third-order valence-electron chi connectivity index (χ3n) is 7.40. The van der Waals surface area contributed by atoms with Gasteiger partial charge in [-0.05, 0) is 61.0 Å². The molecule has 48 heavy (non-hydrogen) atoms. The summed E-state index contributed by atoms with van der Waals surface area (Å²) in [6, 6.07) is 22.8. The molecule has 3 amide bonds. The van der Waals surface area contributed by atoms with Gasteiger partial charge in [0.05, 0.1) is 17.3 Å². The Morgan fingerprint density at radius 1 is 0.979 bits per heavy atom. The zero-order valence-corrected chi connectivity index (χ0v) is 27.6. The van der Waals surface area contributed by atoms with E-state index < -0.39 is 11.8 Å². The highest BCUT2D eigenvalue weighted by molar-refractivity contribution is 6.38. The molecular weight excluding hydrogens is 653 g/mol. The predicted octanol–water partition coefficient (Wildman–Crippen LogP) is 5.78. The van der Waals surface area contributed by atoms with Gasteiger partial charge in [-0.15, -0.1) is 0 Å². The first-order chi connectivity index (χ1) is 23.1. The number of nitrogens with one attached hydrogen (secondary N) is 2. The number of nitrogens with zero attached hydrogens (tertiary/aromatic N) is 3. The molecule has 0 atom stereocenters. The SMILES string of the molecule is Cc1ccc2cccc(OCc3c(Cl)ccc(N(C)C(=O)CNC(=O)/C=C/c4ccc(C(=O)NCc5ccc[n+]([O-])c5)cc4)c3Cl)c2n1. The molecule has 10 nitrogen and oxygen atoms in total. The van der Waals surface area contributed by atoms with Crippen LogP contribution in [0, 0.1) is 12.1 Å². The summed E-state index contributed by atoms with van der Waals surface area (Å²) >= 11 is 13.2. The number of amides is 3. The molecule has 3 aromatic carbocycles. The molecule has 5 aromatic rings. The van der Waals surface area contributed by atoms with Crippen LogP contribution in [0.15, 0.2) is 97.3 Å². The van der Waals surface area contributed by atoms with Crippen molar-refractivity contribution < 1.29 is 23.9 Å². The van der Waals surface area contributed by atoms with Crippen molar-refractivity contribution >= 4 is 63.6 Å². The number of aromatic nitrogens is 2. The lowest BCUT2D eigenvalue weighted by molar-refractivity contribution is -0.605. The van der Waals surface area contributed by atoms with Crippen LogP contribution in [0.2, 0.25) is 10.0 Å². The first-order valence-electron chi connectivity index (χ1n) is 14.8. The van der Waals surface area contributed by atoms with E-state index in [4.69, 9.17) is 27.9 Å². The van der Waals surface area contributed by atoms with E-state index in [-0.39, 0.29) is 30.6 Å². The molecule has 0 unspecified atom stereocenters. The Kier molecular flexibility index (Phi) is 10.9. The number of pyridine rings is 2. The summed E-state index contributed by atoms with van der Waals surface area (Å²) in [5, 5.41) is 18.3. The first kappa shape index (κ1) is 33.9. The van der Waals surface area contributed by atoms with Crippen molar-refractivity contribution in [2.24, 2.45) is 0 Å². The average molecular weight is 685 g/mol. The quantitative estimate of drug-likeness (QED) is 0.103. The summed E-state index contributed by atoms with van der Waals surface area (Å²) in [6.45, 7) is 1.88. The molecule has 0 fully saturated rings. The number of anilines is 1. The van der Waals surface area contributed by atoms with Gasteiger partial charge in [0.2, 0.25) is 11.8 Å². The number of likely N-dealkylation sites (N-methyl/N-ethyl adjacent to an activating group) is 1. The Labute approximate surface area is 287 Å². The second-order valence-electron chi connectivity index (χ2n) is 10.8. The minimum absolute atomic E-state index is 0.0473. The van der Waals surface area contributed by atoms with Gasteiger partial charge in [0, 0.05) is 58.5 Å². The number of fused-ring (bicyclic) bond motifs is 1. The van der Waals surface area contributed by atoms with E-state index in [1.165, 1.54) is 23.4 Å². The van der Waals surface area contributed by atoms with Crippen LogP contribution in [0.3, 0.4) is 0 Å². The van der Waals surface area contributed by atoms with Gasteiger partial charge in [-0.1, -0.05) is 53.5 Å².